The normalized spacial score (nSPS) is 16.2. The summed E-state index contributed by atoms with van der Waals surface area (Å²) in [5.74, 6) is 0.800. The number of hydrogen-bond acceptors (Lipinski definition) is 2. The quantitative estimate of drug-likeness (QED) is 0.567. The molecule has 0 amide bonds. The third kappa shape index (κ3) is 1.94. The van der Waals surface area contributed by atoms with Gasteiger partial charge < -0.3 is 9.55 Å². The summed E-state index contributed by atoms with van der Waals surface area (Å²) >= 11 is 0. The van der Waals surface area contributed by atoms with E-state index in [4.69, 9.17) is 12.7 Å². The van der Waals surface area contributed by atoms with Gasteiger partial charge in [0, 0.05) is 0 Å². The molecule has 0 bridgehead atoms. The SMILES string of the molecule is [B]N(C)C1=C(OC)C=CCC=C1. The van der Waals surface area contributed by atoms with Crippen LogP contribution in [0.15, 0.2) is 35.8 Å². The van der Waals surface area contributed by atoms with Gasteiger partial charge in [-0.3, -0.25) is 0 Å². The van der Waals surface area contributed by atoms with Gasteiger partial charge in [-0.1, -0.05) is 12.2 Å². The Balaban J connectivity index is 2.98. The second-order valence-electron chi connectivity index (χ2n) is 2.60. The molecule has 0 aromatic carbocycles. The number of hydrogen-bond donors (Lipinski definition) is 0. The van der Waals surface area contributed by atoms with Crippen molar-refractivity contribution in [3.05, 3.63) is 35.8 Å². The van der Waals surface area contributed by atoms with Crippen molar-refractivity contribution in [3.8, 4) is 0 Å². The first-order chi connectivity index (χ1) is 5.75. The van der Waals surface area contributed by atoms with Gasteiger partial charge in [-0.15, -0.1) is 0 Å². The highest BCUT2D eigenvalue weighted by molar-refractivity contribution is 6.05. The highest BCUT2D eigenvalue weighted by Crippen LogP contribution is 2.14. The summed E-state index contributed by atoms with van der Waals surface area (Å²) in [7, 11) is 9.04. The lowest BCUT2D eigenvalue weighted by Gasteiger charge is -2.16. The zero-order valence-electron chi connectivity index (χ0n) is 7.45. The first-order valence-corrected chi connectivity index (χ1v) is 3.85. The molecule has 0 aliphatic heterocycles. The van der Waals surface area contributed by atoms with Crippen LogP contribution in [-0.2, 0) is 4.74 Å². The maximum atomic E-state index is 5.61. The molecule has 0 N–H and O–H groups in total. The lowest BCUT2D eigenvalue weighted by Crippen LogP contribution is -2.13. The second kappa shape index (κ2) is 4.05. The molecule has 0 saturated heterocycles. The van der Waals surface area contributed by atoms with Crippen LogP contribution in [0.3, 0.4) is 0 Å². The Labute approximate surface area is 74.6 Å². The second-order valence-corrected chi connectivity index (χ2v) is 2.60. The molecule has 0 unspecified atom stereocenters. The van der Waals surface area contributed by atoms with Crippen LogP contribution in [0.4, 0.5) is 0 Å². The molecule has 0 spiro atoms. The van der Waals surface area contributed by atoms with Crippen LogP contribution in [0.1, 0.15) is 6.42 Å². The van der Waals surface area contributed by atoms with Crippen molar-refractivity contribution in [1.29, 1.82) is 0 Å². The molecule has 0 atom stereocenters. The van der Waals surface area contributed by atoms with Crippen LogP contribution in [0.2, 0.25) is 0 Å². The Kier molecular flexibility index (Phi) is 3.03. The summed E-state index contributed by atoms with van der Waals surface area (Å²) in [4.78, 5) is 1.55. The van der Waals surface area contributed by atoms with Gasteiger partial charge in [-0.2, -0.15) is 0 Å². The largest absolute Gasteiger partial charge is 0.495 e. The number of rotatable bonds is 2. The van der Waals surface area contributed by atoms with Gasteiger partial charge in [0.15, 0.2) is 0 Å². The van der Waals surface area contributed by atoms with Crippen LogP contribution in [-0.4, -0.2) is 26.9 Å². The fourth-order valence-corrected chi connectivity index (χ4v) is 1.06. The Morgan fingerprint density at radius 1 is 1.42 bits per heavy atom. The van der Waals surface area contributed by atoms with Crippen LogP contribution in [0.25, 0.3) is 0 Å². The molecule has 12 heavy (non-hydrogen) atoms. The zero-order chi connectivity index (χ0) is 8.97. The summed E-state index contributed by atoms with van der Waals surface area (Å²) in [6.45, 7) is 0. The Morgan fingerprint density at radius 2 is 2.08 bits per heavy atom. The molecule has 0 aromatic heterocycles. The van der Waals surface area contributed by atoms with Gasteiger partial charge in [0.1, 0.15) is 5.76 Å². The molecule has 2 nitrogen and oxygen atoms in total. The first kappa shape index (κ1) is 8.98. The number of likely N-dealkylation sites (N-methyl/N-ethyl adjacent to an activating group) is 1. The summed E-state index contributed by atoms with van der Waals surface area (Å²) < 4.78 is 5.16. The average Bonchev–Trinajstić information content (AvgIpc) is 2.27. The molecule has 1 rings (SSSR count). The number of methoxy groups -OCH3 is 1. The van der Waals surface area contributed by atoms with E-state index in [0.29, 0.717) is 0 Å². The van der Waals surface area contributed by atoms with E-state index in [2.05, 4.69) is 0 Å². The third-order valence-electron chi connectivity index (χ3n) is 1.67. The zero-order valence-corrected chi connectivity index (χ0v) is 7.45. The summed E-state index contributed by atoms with van der Waals surface area (Å²) in [5.41, 5.74) is 0.895. The van der Waals surface area contributed by atoms with E-state index in [1.807, 2.05) is 24.3 Å². The molecule has 1 aliphatic rings. The van der Waals surface area contributed by atoms with Crippen molar-refractivity contribution in [3.63, 3.8) is 0 Å². The van der Waals surface area contributed by atoms with Crippen LogP contribution in [0.5, 0.6) is 0 Å². The molecule has 62 valence electrons. The number of nitrogens with zero attached hydrogens (tertiary/aromatic N) is 1. The maximum Gasteiger partial charge on any atom is 0.226 e. The fraction of sp³-hybridized carbons (Fsp3) is 0.333. The van der Waals surface area contributed by atoms with E-state index in [9.17, 15) is 0 Å². The van der Waals surface area contributed by atoms with Gasteiger partial charge in [0.05, 0.1) is 12.8 Å². The molecule has 0 heterocycles. The van der Waals surface area contributed by atoms with E-state index >= 15 is 0 Å². The average molecular weight is 161 g/mol. The predicted octanol–water partition coefficient (Wildman–Crippen LogP) is 1.38. The number of ether oxygens (including phenoxy) is 1. The monoisotopic (exact) mass is 161 g/mol. The van der Waals surface area contributed by atoms with Crippen molar-refractivity contribution >= 4 is 7.98 Å². The molecule has 3 heteroatoms. The first-order valence-electron chi connectivity index (χ1n) is 3.85. The topological polar surface area (TPSA) is 12.5 Å². The van der Waals surface area contributed by atoms with E-state index in [1.54, 1.807) is 19.0 Å². The van der Waals surface area contributed by atoms with E-state index in [-0.39, 0.29) is 0 Å². The van der Waals surface area contributed by atoms with Crippen molar-refractivity contribution in [2.45, 2.75) is 6.42 Å². The minimum absolute atomic E-state index is 0.800. The van der Waals surface area contributed by atoms with Crippen molar-refractivity contribution in [1.82, 2.24) is 4.81 Å². The maximum absolute atomic E-state index is 5.61. The van der Waals surface area contributed by atoms with Gasteiger partial charge in [-0.05, 0) is 25.6 Å². The summed E-state index contributed by atoms with van der Waals surface area (Å²) in [6.07, 6.45) is 8.88. The molecular weight excluding hydrogens is 149 g/mol. The van der Waals surface area contributed by atoms with Gasteiger partial charge in [-0.25, -0.2) is 0 Å². The fourth-order valence-electron chi connectivity index (χ4n) is 1.06. The van der Waals surface area contributed by atoms with Crippen molar-refractivity contribution in [2.75, 3.05) is 14.2 Å². The van der Waals surface area contributed by atoms with E-state index < -0.39 is 0 Å². The standard InChI is InChI=1S/C9H12BNO/c1-11(10)8-6-4-3-5-7-9(8)12-2/h4-7H,3H2,1-2H3. The van der Waals surface area contributed by atoms with E-state index in [0.717, 1.165) is 17.9 Å². The Bertz CT molecular complexity index is 241. The van der Waals surface area contributed by atoms with Crippen LogP contribution >= 0.6 is 0 Å². The van der Waals surface area contributed by atoms with Crippen molar-refractivity contribution in [2.24, 2.45) is 0 Å². The molecular formula is C9H12BNO. The van der Waals surface area contributed by atoms with Crippen LogP contribution < -0.4 is 0 Å². The van der Waals surface area contributed by atoms with E-state index in [1.165, 1.54) is 0 Å². The lowest BCUT2D eigenvalue weighted by atomic mass is 10.2. The predicted molar refractivity (Wildman–Crippen MR) is 50.4 cm³/mol. The minimum atomic E-state index is 0.800. The lowest BCUT2D eigenvalue weighted by molar-refractivity contribution is 0.296. The molecule has 0 aromatic rings. The Hall–Kier alpha value is -1.12. The van der Waals surface area contributed by atoms with Crippen LogP contribution in [0, 0.1) is 0 Å². The summed E-state index contributed by atoms with van der Waals surface area (Å²) in [5, 5.41) is 0. The highest BCUT2D eigenvalue weighted by atomic mass is 16.5. The van der Waals surface area contributed by atoms with Gasteiger partial charge >= 0.3 is 0 Å². The molecule has 1 aliphatic carbocycles. The summed E-state index contributed by atoms with van der Waals surface area (Å²) in [6, 6.07) is 0. The van der Waals surface area contributed by atoms with Gasteiger partial charge in [0.2, 0.25) is 7.98 Å². The molecule has 0 saturated carbocycles. The smallest absolute Gasteiger partial charge is 0.226 e. The Morgan fingerprint density at radius 3 is 2.67 bits per heavy atom. The molecule has 2 radical (unpaired) electrons. The number of allylic oxidation sites excluding steroid dienone is 4. The minimum Gasteiger partial charge on any atom is -0.495 e. The van der Waals surface area contributed by atoms with Crippen molar-refractivity contribution < 1.29 is 4.74 Å². The van der Waals surface area contributed by atoms with Gasteiger partial charge in [0.25, 0.3) is 0 Å². The third-order valence-corrected chi connectivity index (χ3v) is 1.67. The highest BCUT2D eigenvalue weighted by Gasteiger charge is 2.04. The molecule has 0 fully saturated rings.